The number of rotatable bonds is 4. The van der Waals surface area contributed by atoms with Gasteiger partial charge in [0.05, 0.1) is 7.11 Å². The van der Waals surface area contributed by atoms with Crippen LogP contribution >= 0.6 is 0 Å². The smallest absolute Gasteiger partial charge is 0.241 e. The van der Waals surface area contributed by atoms with Crippen molar-refractivity contribution >= 4 is 0 Å². The molecular formula is C16H15O3. The summed E-state index contributed by atoms with van der Waals surface area (Å²) in [7, 11) is 1.67. The van der Waals surface area contributed by atoms with Crippen molar-refractivity contribution in [2.24, 2.45) is 0 Å². The molecule has 3 heteroatoms. The van der Waals surface area contributed by atoms with E-state index in [-0.39, 0.29) is 6.29 Å². The lowest BCUT2D eigenvalue weighted by molar-refractivity contribution is 0.0421. The quantitative estimate of drug-likeness (QED) is 0.839. The minimum atomic E-state index is -0.212. The molecule has 0 amide bonds. The largest absolute Gasteiger partial charge is 0.497 e. The van der Waals surface area contributed by atoms with Gasteiger partial charge in [0.25, 0.3) is 0 Å². The van der Waals surface area contributed by atoms with Crippen LogP contribution in [0.1, 0.15) is 12.0 Å². The first kappa shape index (κ1) is 11.9. The summed E-state index contributed by atoms with van der Waals surface area (Å²) in [6.45, 7) is 0. The zero-order valence-electron chi connectivity index (χ0n) is 10.8. The monoisotopic (exact) mass is 255 g/mol. The number of aryl methyl sites for hydroxylation is 1. The summed E-state index contributed by atoms with van der Waals surface area (Å²) in [5, 5.41) is 0. The van der Waals surface area contributed by atoms with Gasteiger partial charge in [-0.25, -0.2) is 0 Å². The third-order valence-corrected chi connectivity index (χ3v) is 3.12. The molecule has 3 nitrogen and oxygen atoms in total. The van der Waals surface area contributed by atoms with Crippen LogP contribution in [0.2, 0.25) is 0 Å². The maximum Gasteiger partial charge on any atom is 0.241 e. The molecule has 0 fully saturated rings. The van der Waals surface area contributed by atoms with Gasteiger partial charge < -0.3 is 14.2 Å². The average Bonchev–Trinajstić information content (AvgIpc) is 2.88. The third kappa shape index (κ3) is 2.65. The van der Waals surface area contributed by atoms with Crippen LogP contribution in [-0.4, -0.2) is 13.4 Å². The van der Waals surface area contributed by atoms with Gasteiger partial charge in [-0.2, -0.15) is 0 Å². The second kappa shape index (κ2) is 5.22. The van der Waals surface area contributed by atoms with E-state index >= 15 is 0 Å². The number of hydrogen-bond donors (Lipinski definition) is 0. The van der Waals surface area contributed by atoms with E-state index < -0.39 is 0 Å². The molecule has 97 valence electrons. The first-order valence-electron chi connectivity index (χ1n) is 6.32. The number of ether oxygens (including phenoxy) is 3. The number of para-hydroxylation sites is 1. The van der Waals surface area contributed by atoms with Crippen molar-refractivity contribution < 1.29 is 14.2 Å². The summed E-state index contributed by atoms with van der Waals surface area (Å²) in [5.74, 6) is 2.36. The van der Waals surface area contributed by atoms with Crippen molar-refractivity contribution in [3.8, 4) is 17.2 Å². The lowest BCUT2D eigenvalue weighted by Crippen LogP contribution is -2.18. The lowest BCUT2D eigenvalue weighted by atomic mass is 10.1. The van der Waals surface area contributed by atoms with E-state index in [1.807, 2.05) is 30.3 Å². The van der Waals surface area contributed by atoms with Gasteiger partial charge in [-0.05, 0) is 30.2 Å². The maximum absolute atomic E-state index is 5.70. The van der Waals surface area contributed by atoms with E-state index in [0.29, 0.717) is 5.75 Å². The molecule has 0 aliphatic carbocycles. The molecule has 0 saturated carbocycles. The molecule has 1 radical (unpaired) electrons. The van der Waals surface area contributed by atoms with E-state index in [2.05, 4.69) is 18.2 Å². The van der Waals surface area contributed by atoms with Gasteiger partial charge in [0, 0.05) is 12.5 Å². The van der Waals surface area contributed by atoms with Gasteiger partial charge in [0.15, 0.2) is 11.5 Å². The molecule has 0 bridgehead atoms. The minimum Gasteiger partial charge on any atom is -0.497 e. The van der Waals surface area contributed by atoms with Crippen molar-refractivity contribution in [3.05, 3.63) is 54.1 Å². The number of hydrogen-bond acceptors (Lipinski definition) is 3. The van der Waals surface area contributed by atoms with E-state index in [0.717, 1.165) is 24.3 Å². The van der Waals surface area contributed by atoms with Gasteiger partial charge >= 0.3 is 0 Å². The molecule has 2 aromatic carbocycles. The first-order chi connectivity index (χ1) is 9.35. The second-order valence-corrected chi connectivity index (χ2v) is 4.42. The highest BCUT2D eigenvalue weighted by molar-refractivity contribution is 5.40. The Morgan fingerprint density at radius 3 is 2.74 bits per heavy atom. The van der Waals surface area contributed by atoms with Crippen molar-refractivity contribution in [2.45, 2.75) is 19.1 Å². The van der Waals surface area contributed by atoms with Crippen LogP contribution in [0, 0.1) is 6.07 Å². The highest BCUT2D eigenvalue weighted by Gasteiger charge is 2.23. The predicted octanol–water partition coefficient (Wildman–Crippen LogP) is 3.23. The zero-order chi connectivity index (χ0) is 13.1. The highest BCUT2D eigenvalue weighted by Crippen LogP contribution is 2.34. The molecule has 1 unspecified atom stereocenters. The molecule has 1 heterocycles. The molecule has 0 aromatic heterocycles. The second-order valence-electron chi connectivity index (χ2n) is 4.42. The number of fused-ring (bicyclic) bond motifs is 1. The van der Waals surface area contributed by atoms with Gasteiger partial charge in [0.2, 0.25) is 6.29 Å². The molecule has 1 atom stereocenters. The topological polar surface area (TPSA) is 27.7 Å². The van der Waals surface area contributed by atoms with Crippen LogP contribution in [0.15, 0.2) is 42.5 Å². The maximum atomic E-state index is 5.70. The average molecular weight is 255 g/mol. The molecule has 1 aliphatic rings. The van der Waals surface area contributed by atoms with Crippen molar-refractivity contribution in [1.82, 2.24) is 0 Å². The fourth-order valence-corrected chi connectivity index (χ4v) is 2.08. The Hall–Kier alpha value is -2.16. The fourth-order valence-electron chi connectivity index (χ4n) is 2.08. The molecule has 19 heavy (non-hydrogen) atoms. The Kier molecular flexibility index (Phi) is 3.27. The molecule has 1 aliphatic heterocycles. The van der Waals surface area contributed by atoms with Crippen LogP contribution in [0.4, 0.5) is 0 Å². The molecule has 0 spiro atoms. The fraction of sp³-hybridized carbons (Fsp3) is 0.250. The predicted molar refractivity (Wildman–Crippen MR) is 71.6 cm³/mol. The Bertz CT molecular complexity index is 523. The highest BCUT2D eigenvalue weighted by atomic mass is 16.7. The molecule has 3 rings (SSSR count). The first-order valence-corrected chi connectivity index (χ1v) is 6.32. The van der Waals surface area contributed by atoms with Crippen LogP contribution < -0.4 is 14.2 Å². The van der Waals surface area contributed by atoms with Crippen LogP contribution in [0.5, 0.6) is 17.2 Å². The molecular weight excluding hydrogens is 240 g/mol. The van der Waals surface area contributed by atoms with Gasteiger partial charge in [0.1, 0.15) is 5.75 Å². The van der Waals surface area contributed by atoms with E-state index in [9.17, 15) is 0 Å². The summed E-state index contributed by atoms with van der Waals surface area (Å²) in [6.07, 6.45) is 1.51. The van der Waals surface area contributed by atoms with Crippen molar-refractivity contribution in [2.75, 3.05) is 7.11 Å². The summed E-state index contributed by atoms with van der Waals surface area (Å²) < 4.78 is 16.5. The number of methoxy groups -OCH3 is 1. The standard InChI is InChI=1S/C16H15O3/c1-17-13-9-6-12(7-10-13)8-11-16-18-14-4-2-3-5-15(14)19-16/h2-4,6-7,9-10,16H,8,11H2,1H3. The normalized spacial score (nSPS) is 13.5. The van der Waals surface area contributed by atoms with Crippen LogP contribution in [-0.2, 0) is 6.42 Å². The SMILES string of the molecule is COc1ccc(CCC2Oc3[c]cccc3O2)cc1. The van der Waals surface area contributed by atoms with E-state index in [1.54, 1.807) is 7.11 Å². The van der Waals surface area contributed by atoms with Gasteiger partial charge in [-0.15, -0.1) is 0 Å². The Morgan fingerprint density at radius 2 is 2.00 bits per heavy atom. The molecule has 2 aromatic rings. The lowest BCUT2D eigenvalue weighted by Gasteiger charge is -2.10. The summed E-state index contributed by atoms with van der Waals surface area (Å²) in [5.41, 5.74) is 1.24. The van der Waals surface area contributed by atoms with E-state index in [1.165, 1.54) is 5.56 Å². The number of benzene rings is 2. The van der Waals surface area contributed by atoms with Crippen LogP contribution in [0.3, 0.4) is 0 Å². The van der Waals surface area contributed by atoms with Gasteiger partial charge in [-0.1, -0.05) is 24.3 Å². The Balaban J connectivity index is 1.56. The summed E-state index contributed by atoms with van der Waals surface area (Å²) in [6, 6.07) is 16.7. The minimum absolute atomic E-state index is 0.212. The zero-order valence-corrected chi connectivity index (χ0v) is 10.8. The van der Waals surface area contributed by atoms with E-state index in [4.69, 9.17) is 14.2 Å². The summed E-state index contributed by atoms with van der Waals surface area (Å²) in [4.78, 5) is 0. The third-order valence-electron chi connectivity index (χ3n) is 3.12. The van der Waals surface area contributed by atoms with Gasteiger partial charge in [-0.3, -0.25) is 0 Å². The molecule has 0 N–H and O–H groups in total. The molecule has 0 saturated heterocycles. The van der Waals surface area contributed by atoms with Crippen molar-refractivity contribution in [1.29, 1.82) is 0 Å². The van der Waals surface area contributed by atoms with Crippen molar-refractivity contribution in [3.63, 3.8) is 0 Å². The Labute approximate surface area is 112 Å². The summed E-state index contributed by atoms with van der Waals surface area (Å²) >= 11 is 0. The van der Waals surface area contributed by atoms with Crippen LogP contribution in [0.25, 0.3) is 0 Å². The Morgan fingerprint density at radius 1 is 1.16 bits per heavy atom.